The van der Waals surface area contributed by atoms with E-state index in [4.69, 9.17) is 9.84 Å². The number of rotatable bonds is 6. The van der Waals surface area contributed by atoms with Crippen molar-refractivity contribution in [2.75, 3.05) is 12.9 Å². The molecule has 0 unspecified atom stereocenters. The molecule has 1 aromatic heterocycles. The summed E-state index contributed by atoms with van der Waals surface area (Å²) >= 11 is 1.30. The summed E-state index contributed by atoms with van der Waals surface area (Å²) in [6, 6.07) is 22.1. The zero-order chi connectivity index (χ0) is 22.8. The molecular formula is C24H22N6O2S. The van der Waals surface area contributed by atoms with Crippen molar-refractivity contribution in [1.29, 1.82) is 0 Å². The third-order valence-electron chi connectivity index (χ3n) is 5.66. The van der Waals surface area contributed by atoms with Crippen LogP contribution in [-0.2, 0) is 11.8 Å². The van der Waals surface area contributed by atoms with Gasteiger partial charge in [-0.05, 0) is 50.5 Å². The van der Waals surface area contributed by atoms with Crippen molar-refractivity contribution >= 4 is 34.2 Å². The fourth-order valence-corrected chi connectivity index (χ4v) is 4.61. The molecule has 5 rings (SSSR count). The maximum atomic E-state index is 13.2. The van der Waals surface area contributed by atoms with Crippen LogP contribution in [0.5, 0.6) is 5.75 Å². The molecule has 8 nitrogen and oxygen atoms in total. The highest BCUT2D eigenvalue weighted by atomic mass is 32.2. The summed E-state index contributed by atoms with van der Waals surface area (Å²) in [5.74, 6) is 0.866. The Balaban J connectivity index is 1.45. The van der Waals surface area contributed by atoms with Gasteiger partial charge in [0.15, 0.2) is 0 Å². The van der Waals surface area contributed by atoms with Crippen LogP contribution in [0.4, 0.5) is 0 Å². The average Bonchev–Trinajstić information content (AvgIpc) is 3.49. The van der Waals surface area contributed by atoms with Crippen molar-refractivity contribution in [3.8, 4) is 5.75 Å². The van der Waals surface area contributed by atoms with Crippen LogP contribution in [0, 0.1) is 0 Å². The standard InChI is InChI=1S/C24H22N6O2S/c1-29-24(25-27-28-29)33-15-23(31)30-22(17-9-11-20(32-2)12-10-17)14-21(26-30)19-8-7-16-5-3-4-6-18(16)13-19/h3-13,22H,14-15H2,1-2H3/t22-/m1/s1. The first-order valence-electron chi connectivity index (χ1n) is 10.5. The number of nitrogens with zero attached hydrogens (tertiary/aromatic N) is 6. The normalized spacial score (nSPS) is 15.6. The van der Waals surface area contributed by atoms with E-state index in [2.05, 4.69) is 45.9 Å². The van der Waals surface area contributed by atoms with E-state index in [-0.39, 0.29) is 17.7 Å². The number of hydrazone groups is 1. The number of benzene rings is 3. The molecule has 3 aromatic carbocycles. The van der Waals surface area contributed by atoms with Gasteiger partial charge in [-0.2, -0.15) is 5.10 Å². The van der Waals surface area contributed by atoms with Crippen molar-refractivity contribution < 1.29 is 9.53 Å². The molecule has 1 aliphatic heterocycles. The first kappa shape index (κ1) is 21.1. The maximum Gasteiger partial charge on any atom is 0.253 e. The molecule has 0 spiro atoms. The summed E-state index contributed by atoms with van der Waals surface area (Å²) in [7, 11) is 3.39. The van der Waals surface area contributed by atoms with Gasteiger partial charge in [-0.3, -0.25) is 4.79 Å². The molecule has 1 atom stereocenters. The molecule has 9 heteroatoms. The van der Waals surface area contributed by atoms with Gasteiger partial charge >= 0.3 is 0 Å². The molecule has 33 heavy (non-hydrogen) atoms. The molecule has 0 fully saturated rings. The lowest BCUT2D eigenvalue weighted by molar-refractivity contribution is -0.130. The van der Waals surface area contributed by atoms with E-state index in [0.29, 0.717) is 11.6 Å². The quantitative estimate of drug-likeness (QED) is 0.408. The van der Waals surface area contributed by atoms with Crippen LogP contribution < -0.4 is 4.74 Å². The Morgan fingerprint density at radius 3 is 2.61 bits per heavy atom. The maximum absolute atomic E-state index is 13.2. The van der Waals surface area contributed by atoms with Crippen LogP contribution in [0.1, 0.15) is 23.6 Å². The number of fused-ring (bicyclic) bond motifs is 1. The predicted octanol–water partition coefficient (Wildman–Crippen LogP) is 3.84. The highest BCUT2D eigenvalue weighted by Crippen LogP contribution is 2.35. The highest BCUT2D eigenvalue weighted by Gasteiger charge is 2.33. The number of carbonyl (C=O) groups excluding carboxylic acids is 1. The van der Waals surface area contributed by atoms with Crippen molar-refractivity contribution in [3.63, 3.8) is 0 Å². The van der Waals surface area contributed by atoms with Crippen LogP contribution >= 0.6 is 11.8 Å². The number of hydrogen-bond acceptors (Lipinski definition) is 7. The van der Waals surface area contributed by atoms with Crippen molar-refractivity contribution in [2.24, 2.45) is 12.1 Å². The van der Waals surface area contributed by atoms with Crippen LogP contribution in [0.25, 0.3) is 10.8 Å². The van der Waals surface area contributed by atoms with E-state index in [1.807, 2.05) is 36.4 Å². The molecular weight excluding hydrogens is 436 g/mol. The van der Waals surface area contributed by atoms with E-state index >= 15 is 0 Å². The second-order valence-electron chi connectivity index (χ2n) is 7.71. The number of amides is 1. The van der Waals surface area contributed by atoms with Crippen LogP contribution in [-0.4, -0.2) is 49.7 Å². The van der Waals surface area contributed by atoms with Crippen molar-refractivity contribution in [3.05, 3.63) is 77.9 Å². The minimum absolute atomic E-state index is 0.0976. The Morgan fingerprint density at radius 2 is 1.88 bits per heavy atom. The molecule has 166 valence electrons. The molecule has 2 heterocycles. The zero-order valence-corrected chi connectivity index (χ0v) is 19.1. The first-order valence-corrected chi connectivity index (χ1v) is 11.5. The Labute approximate surface area is 195 Å². The largest absolute Gasteiger partial charge is 0.497 e. The molecule has 0 bridgehead atoms. The Morgan fingerprint density at radius 1 is 1.09 bits per heavy atom. The summed E-state index contributed by atoms with van der Waals surface area (Å²) in [6.45, 7) is 0. The van der Waals surface area contributed by atoms with Crippen molar-refractivity contribution in [1.82, 2.24) is 25.2 Å². The van der Waals surface area contributed by atoms with E-state index in [1.54, 1.807) is 23.8 Å². The van der Waals surface area contributed by atoms with Gasteiger partial charge in [-0.25, -0.2) is 9.69 Å². The van der Waals surface area contributed by atoms with Gasteiger partial charge in [0, 0.05) is 13.5 Å². The van der Waals surface area contributed by atoms with Gasteiger partial charge in [-0.1, -0.05) is 60.3 Å². The van der Waals surface area contributed by atoms with E-state index in [9.17, 15) is 4.79 Å². The van der Waals surface area contributed by atoms with Gasteiger partial charge in [0.1, 0.15) is 5.75 Å². The lowest BCUT2D eigenvalue weighted by atomic mass is 9.97. The number of aromatic nitrogens is 4. The summed E-state index contributed by atoms with van der Waals surface area (Å²) in [6.07, 6.45) is 0.632. The number of carbonyl (C=O) groups is 1. The molecule has 0 radical (unpaired) electrons. The van der Waals surface area contributed by atoms with Gasteiger partial charge < -0.3 is 4.74 Å². The zero-order valence-electron chi connectivity index (χ0n) is 18.3. The van der Waals surface area contributed by atoms with E-state index in [1.165, 1.54) is 17.1 Å². The smallest absolute Gasteiger partial charge is 0.253 e. The summed E-state index contributed by atoms with van der Waals surface area (Å²) in [5.41, 5.74) is 2.92. The van der Waals surface area contributed by atoms with E-state index in [0.717, 1.165) is 28.0 Å². The molecule has 4 aromatic rings. The number of ether oxygens (including phenoxy) is 1. The number of thioether (sulfide) groups is 1. The molecule has 1 amide bonds. The van der Waals surface area contributed by atoms with Crippen LogP contribution in [0.3, 0.4) is 0 Å². The molecule has 0 saturated carbocycles. The summed E-state index contributed by atoms with van der Waals surface area (Å²) in [4.78, 5) is 13.2. The molecule has 0 aliphatic carbocycles. The number of hydrogen-bond donors (Lipinski definition) is 0. The highest BCUT2D eigenvalue weighted by molar-refractivity contribution is 7.99. The second-order valence-corrected chi connectivity index (χ2v) is 8.66. The lowest BCUT2D eigenvalue weighted by Crippen LogP contribution is -2.28. The monoisotopic (exact) mass is 458 g/mol. The van der Waals surface area contributed by atoms with Gasteiger partial charge in [-0.15, -0.1) is 5.10 Å². The van der Waals surface area contributed by atoms with Gasteiger partial charge in [0.25, 0.3) is 5.91 Å². The number of methoxy groups -OCH3 is 1. The predicted molar refractivity (Wildman–Crippen MR) is 127 cm³/mol. The fraction of sp³-hybridized carbons (Fsp3) is 0.208. The minimum atomic E-state index is -0.192. The van der Waals surface area contributed by atoms with Crippen LogP contribution in [0.15, 0.2) is 77.0 Å². The topological polar surface area (TPSA) is 85.5 Å². The number of tetrazole rings is 1. The Hall–Kier alpha value is -3.72. The SMILES string of the molecule is COc1ccc([C@H]2CC(c3ccc4ccccc4c3)=NN2C(=O)CSc2nnnn2C)cc1. The van der Waals surface area contributed by atoms with Gasteiger partial charge in [0.2, 0.25) is 5.16 Å². The van der Waals surface area contributed by atoms with Crippen LogP contribution in [0.2, 0.25) is 0 Å². The molecule has 0 saturated heterocycles. The lowest BCUT2D eigenvalue weighted by Gasteiger charge is -2.22. The average molecular weight is 459 g/mol. The minimum Gasteiger partial charge on any atom is -0.497 e. The third-order valence-corrected chi connectivity index (χ3v) is 6.65. The Bertz CT molecular complexity index is 1330. The summed E-state index contributed by atoms with van der Waals surface area (Å²) < 4.78 is 6.84. The second kappa shape index (κ2) is 9.03. The third kappa shape index (κ3) is 4.31. The molecule has 1 aliphatic rings. The molecule has 0 N–H and O–H groups in total. The van der Waals surface area contributed by atoms with Gasteiger partial charge in [0.05, 0.1) is 24.6 Å². The Kier molecular flexibility index (Phi) is 5.78. The summed E-state index contributed by atoms with van der Waals surface area (Å²) in [5, 5.41) is 20.7. The van der Waals surface area contributed by atoms with Crippen molar-refractivity contribution in [2.45, 2.75) is 17.6 Å². The number of aryl methyl sites for hydroxylation is 1. The fourth-order valence-electron chi connectivity index (χ4n) is 3.91. The van der Waals surface area contributed by atoms with E-state index < -0.39 is 0 Å². The first-order chi connectivity index (χ1) is 16.1.